The molecule has 3 aromatic heterocycles. The minimum absolute atomic E-state index is 0.0574. The van der Waals surface area contributed by atoms with Crippen LogP contribution in [0.4, 0.5) is 5.69 Å². The molecule has 8 nitrogen and oxygen atoms in total. The van der Waals surface area contributed by atoms with Crippen molar-refractivity contribution in [2.75, 3.05) is 31.5 Å². The quantitative estimate of drug-likeness (QED) is 0.221. The molecule has 0 bridgehead atoms. The summed E-state index contributed by atoms with van der Waals surface area (Å²) in [6.07, 6.45) is 4.75. The van der Waals surface area contributed by atoms with Crippen molar-refractivity contribution in [2.45, 2.75) is 59.5 Å². The lowest BCUT2D eigenvalue weighted by Gasteiger charge is -2.24. The van der Waals surface area contributed by atoms with E-state index in [1.807, 2.05) is 23.1 Å². The molecule has 0 saturated carbocycles. The number of hydrogen-bond acceptors (Lipinski definition) is 6. The number of amides is 1. The van der Waals surface area contributed by atoms with Crippen LogP contribution < -0.4 is 10.9 Å². The first-order valence-corrected chi connectivity index (χ1v) is 14.8. The van der Waals surface area contributed by atoms with Crippen LogP contribution in [0.2, 0.25) is 0 Å². The van der Waals surface area contributed by atoms with E-state index in [0.29, 0.717) is 29.0 Å². The molecule has 0 fully saturated rings. The van der Waals surface area contributed by atoms with Crippen molar-refractivity contribution in [3.63, 3.8) is 0 Å². The predicted octanol–water partition coefficient (Wildman–Crippen LogP) is 5.41. The zero-order valence-electron chi connectivity index (χ0n) is 23.3. The Kier molecular flexibility index (Phi) is 8.18. The van der Waals surface area contributed by atoms with Gasteiger partial charge in [-0.05, 0) is 80.6 Å². The van der Waals surface area contributed by atoms with E-state index in [-0.39, 0.29) is 17.5 Å². The maximum atomic E-state index is 13.2. The van der Waals surface area contributed by atoms with Crippen molar-refractivity contribution in [3.8, 4) is 11.4 Å². The Morgan fingerprint density at radius 1 is 1.15 bits per heavy atom. The number of imidazole rings is 1. The fourth-order valence-corrected chi connectivity index (χ4v) is 6.49. The lowest BCUT2D eigenvalue weighted by molar-refractivity contribution is 0.0758. The summed E-state index contributed by atoms with van der Waals surface area (Å²) in [4.78, 5) is 42.8. The highest BCUT2D eigenvalue weighted by Crippen LogP contribution is 2.30. The number of rotatable bonds is 12. The summed E-state index contributed by atoms with van der Waals surface area (Å²) >= 11 is 1.75. The Morgan fingerprint density at radius 2 is 1.95 bits per heavy atom. The summed E-state index contributed by atoms with van der Waals surface area (Å²) in [5, 5.41) is 5.63. The third-order valence-corrected chi connectivity index (χ3v) is 8.46. The third kappa shape index (κ3) is 5.79. The van der Waals surface area contributed by atoms with E-state index < -0.39 is 0 Å². The number of pyridine rings is 1. The Balaban J connectivity index is 1.36. The van der Waals surface area contributed by atoms with E-state index in [4.69, 9.17) is 4.98 Å². The maximum absolute atomic E-state index is 13.2. The molecular formula is C30H38N6O2S. The van der Waals surface area contributed by atoms with Gasteiger partial charge in [0.2, 0.25) is 0 Å². The molecule has 206 valence electrons. The molecule has 0 spiro atoms. The lowest BCUT2D eigenvalue weighted by Crippen LogP contribution is -2.36. The lowest BCUT2D eigenvalue weighted by atomic mass is 10.1. The Morgan fingerprint density at radius 3 is 2.67 bits per heavy atom. The molecular weight excluding hydrogens is 508 g/mol. The smallest absolute Gasteiger partial charge is 0.261 e. The highest BCUT2D eigenvalue weighted by Gasteiger charge is 2.29. The average Bonchev–Trinajstić information content (AvgIpc) is 3.58. The summed E-state index contributed by atoms with van der Waals surface area (Å²) in [6, 6.07) is 8.03. The zero-order chi connectivity index (χ0) is 27.5. The van der Waals surface area contributed by atoms with Gasteiger partial charge in [0.05, 0.1) is 16.7 Å². The highest BCUT2D eigenvalue weighted by molar-refractivity contribution is 7.10. The number of carbonyl (C=O) groups excluding carboxylic acids is 1. The molecule has 4 aromatic rings. The largest absolute Gasteiger partial charge is 0.381 e. The Labute approximate surface area is 233 Å². The number of aromatic amines is 2. The molecule has 1 amide bonds. The number of nitrogens with zero attached hydrogens (tertiary/aromatic N) is 3. The topological polar surface area (TPSA) is 97.1 Å². The van der Waals surface area contributed by atoms with Gasteiger partial charge in [0.15, 0.2) is 0 Å². The van der Waals surface area contributed by atoms with Crippen LogP contribution in [0, 0.1) is 6.92 Å². The predicted molar refractivity (Wildman–Crippen MR) is 160 cm³/mol. The van der Waals surface area contributed by atoms with Crippen LogP contribution in [-0.2, 0) is 13.0 Å². The van der Waals surface area contributed by atoms with Gasteiger partial charge in [-0.25, -0.2) is 4.98 Å². The number of hydrogen-bond donors (Lipinski definition) is 3. The van der Waals surface area contributed by atoms with Gasteiger partial charge in [0.25, 0.3) is 11.5 Å². The summed E-state index contributed by atoms with van der Waals surface area (Å²) in [6.45, 7) is 12.9. The van der Waals surface area contributed by atoms with Crippen molar-refractivity contribution in [2.24, 2.45) is 0 Å². The molecule has 0 saturated heterocycles. The van der Waals surface area contributed by atoms with E-state index in [1.165, 1.54) is 10.4 Å². The molecule has 0 radical (unpaired) electrons. The molecule has 39 heavy (non-hydrogen) atoms. The molecule has 1 atom stereocenters. The van der Waals surface area contributed by atoms with Gasteiger partial charge in [-0.2, -0.15) is 0 Å². The summed E-state index contributed by atoms with van der Waals surface area (Å²) < 4.78 is 0. The van der Waals surface area contributed by atoms with Gasteiger partial charge >= 0.3 is 0 Å². The van der Waals surface area contributed by atoms with E-state index in [2.05, 4.69) is 59.3 Å². The van der Waals surface area contributed by atoms with Crippen molar-refractivity contribution in [1.29, 1.82) is 0 Å². The van der Waals surface area contributed by atoms with Gasteiger partial charge in [-0.15, -0.1) is 11.3 Å². The van der Waals surface area contributed by atoms with Gasteiger partial charge < -0.3 is 25.1 Å². The molecule has 0 aliphatic carbocycles. The number of aryl methyl sites for hydroxylation is 1. The first-order chi connectivity index (χ1) is 18.9. The second kappa shape index (κ2) is 11.8. The van der Waals surface area contributed by atoms with Crippen molar-refractivity contribution in [1.82, 2.24) is 24.8 Å². The second-order valence-corrected chi connectivity index (χ2v) is 11.6. The van der Waals surface area contributed by atoms with Crippen LogP contribution in [0.3, 0.4) is 0 Å². The molecule has 1 aromatic carbocycles. The number of thiophene rings is 1. The van der Waals surface area contributed by atoms with Crippen LogP contribution in [0.15, 0.2) is 40.6 Å². The van der Waals surface area contributed by atoms with Gasteiger partial charge in [0.1, 0.15) is 11.4 Å². The molecule has 4 heterocycles. The summed E-state index contributed by atoms with van der Waals surface area (Å²) in [7, 11) is 0. The van der Waals surface area contributed by atoms with Crippen LogP contribution in [0.1, 0.15) is 60.0 Å². The summed E-state index contributed by atoms with van der Waals surface area (Å²) in [5.41, 5.74) is 5.51. The van der Waals surface area contributed by atoms with Crippen LogP contribution in [0.25, 0.3) is 22.4 Å². The number of fused-ring (bicyclic) bond motifs is 2. The van der Waals surface area contributed by atoms with Crippen molar-refractivity contribution < 1.29 is 4.79 Å². The van der Waals surface area contributed by atoms with E-state index in [1.54, 1.807) is 17.5 Å². The second-order valence-electron chi connectivity index (χ2n) is 10.6. The number of carbonyl (C=O) groups is 1. The third-order valence-electron chi connectivity index (χ3n) is 7.41. The normalized spacial score (nSPS) is 14.0. The minimum Gasteiger partial charge on any atom is -0.381 e. The van der Waals surface area contributed by atoms with E-state index >= 15 is 0 Å². The monoisotopic (exact) mass is 546 g/mol. The number of nitrogens with one attached hydrogen (secondary N) is 3. The average molecular weight is 547 g/mol. The van der Waals surface area contributed by atoms with Gasteiger partial charge in [0, 0.05) is 48.7 Å². The van der Waals surface area contributed by atoms with Crippen LogP contribution in [-0.4, -0.2) is 62.9 Å². The van der Waals surface area contributed by atoms with Gasteiger partial charge in [-0.3, -0.25) is 9.59 Å². The Bertz CT molecular complexity index is 1510. The number of benzene rings is 1. The van der Waals surface area contributed by atoms with Crippen molar-refractivity contribution in [3.05, 3.63) is 67.8 Å². The standard InChI is InChI=1S/C30H38N6O2S/c1-5-10-35(11-6-2)12-13-36-18-21-16-24-25(17-22(21)30(36)38)34-28(33-24)27-23(7-9-31-29(27)37)32-20(4)15-26-19(3)8-14-39-26/h7-9,14,16-17,20H,5-6,10-13,15,18H2,1-4H3,(H,33,34)(H2,31,32,37)/t20-/m0/s1. The SMILES string of the molecule is CCCN(CCC)CCN1Cc2cc3[nH]c(-c4c(N[C@@H](C)Cc5sccc5C)cc[nH]c4=O)nc3cc2C1=O. The number of aromatic nitrogens is 3. The maximum Gasteiger partial charge on any atom is 0.261 e. The molecule has 1 aliphatic rings. The van der Waals surface area contributed by atoms with E-state index in [9.17, 15) is 9.59 Å². The van der Waals surface area contributed by atoms with Crippen LogP contribution in [0.5, 0.6) is 0 Å². The van der Waals surface area contributed by atoms with Crippen molar-refractivity contribution >= 4 is 34.0 Å². The molecule has 3 N–H and O–H groups in total. The zero-order valence-corrected chi connectivity index (χ0v) is 24.1. The fraction of sp³-hybridized carbons (Fsp3) is 0.433. The molecule has 5 rings (SSSR count). The number of H-pyrrole nitrogens is 2. The highest BCUT2D eigenvalue weighted by atomic mass is 32.1. The molecule has 9 heteroatoms. The fourth-order valence-electron chi connectivity index (χ4n) is 5.45. The van der Waals surface area contributed by atoms with Gasteiger partial charge in [-0.1, -0.05) is 13.8 Å². The number of anilines is 1. The minimum atomic E-state index is -0.211. The first-order valence-electron chi connectivity index (χ1n) is 13.9. The summed E-state index contributed by atoms with van der Waals surface area (Å²) in [5.74, 6) is 0.554. The molecule has 1 aliphatic heterocycles. The van der Waals surface area contributed by atoms with E-state index in [0.717, 1.165) is 62.2 Å². The Hall–Kier alpha value is -3.43. The molecule has 0 unspecified atom stereocenters. The first kappa shape index (κ1) is 27.1. The van der Waals surface area contributed by atoms with Crippen LogP contribution >= 0.6 is 11.3 Å².